The predicted molar refractivity (Wildman–Crippen MR) is 371 cm³/mol. The number of hydrogen-bond donors (Lipinski definition) is 2. The highest BCUT2D eigenvalue weighted by Crippen LogP contribution is 2.30. The van der Waals surface area contributed by atoms with Crippen molar-refractivity contribution in [2.75, 3.05) is 88.7 Å². The minimum atomic E-state index is -1.64. The van der Waals surface area contributed by atoms with Gasteiger partial charge in [0.15, 0.2) is 11.6 Å². The first-order valence-electron chi connectivity index (χ1n) is 35.2. The lowest BCUT2D eigenvalue weighted by atomic mass is 9.83. The van der Waals surface area contributed by atoms with E-state index in [0.717, 1.165) is 4.90 Å². The molecule has 548 valence electrons. The molecule has 24 nitrogen and oxygen atoms in total. The highest BCUT2D eigenvalue weighted by molar-refractivity contribution is 6.00. The van der Waals surface area contributed by atoms with Gasteiger partial charge >= 0.3 is 6.09 Å². The molecule has 2 aliphatic rings. The molecule has 0 saturated carbocycles. The van der Waals surface area contributed by atoms with Gasteiger partial charge in [-0.05, 0) is 94.3 Å². The van der Waals surface area contributed by atoms with Gasteiger partial charge in [0.1, 0.15) is 42.0 Å². The van der Waals surface area contributed by atoms with Crippen molar-refractivity contribution in [1.29, 1.82) is 0 Å². The number of nitrogens with one attached hydrogen (secondary N) is 1. The van der Waals surface area contributed by atoms with Gasteiger partial charge in [0.25, 0.3) is 0 Å². The van der Waals surface area contributed by atoms with Crippen molar-refractivity contribution >= 4 is 70.7 Å². The second kappa shape index (κ2) is 39.3. The smallest absolute Gasteiger partial charge is 0.409 e. The number of aliphatic hydroxyl groups excluding tert-OH is 1. The number of nitrogens with zero attached hydrogens (tertiary/aromatic N) is 9. The van der Waals surface area contributed by atoms with Crippen molar-refractivity contribution in [3.05, 3.63) is 12.2 Å². The van der Waals surface area contributed by atoms with Gasteiger partial charge in [0.05, 0.1) is 24.8 Å². The second-order valence-electron chi connectivity index (χ2n) is 29.7. The number of aliphatic hydroxyl groups is 1. The number of ketones is 3. The lowest BCUT2D eigenvalue weighted by Gasteiger charge is -2.41. The van der Waals surface area contributed by atoms with E-state index in [4.69, 9.17) is 4.74 Å². The van der Waals surface area contributed by atoms with Crippen LogP contribution in [-0.2, 0) is 57.5 Å². The Morgan fingerprint density at radius 3 is 1.47 bits per heavy atom. The van der Waals surface area contributed by atoms with Crippen LogP contribution in [0.25, 0.3) is 0 Å². The molecule has 14 atom stereocenters. The quantitative estimate of drug-likeness (QED) is 0.151. The fourth-order valence-electron chi connectivity index (χ4n) is 13.4. The molecule has 96 heavy (non-hydrogen) atoms. The molecule has 2 heterocycles. The first-order valence-corrected chi connectivity index (χ1v) is 35.2. The monoisotopic (exact) mass is 1350 g/mol. The topological polar surface area (TPSA) is 275 Å². The highest BCUT2D eigenvalue weighted by Gasteiger charge is 2.47. The molecule has 0 aromatic rings. The average molecular weight is 1360 g/mol. The third kappa shape index (κ3) is 23.2. The molecule has 2 aliphatic heterocycles. The van der Waals surface area contributed by atoms with Crippen LogP contribution in [0.3, 0.4) is 0 Å². The number of ether oxygens (including phenoxy) is 1. The molecule has 2 rings (SSSR count). The molecule has 2 saturated heterocycles. The molecule has 0 aromatic carbocycles. The van der Waals surface area contributed by atoms with E-state index in [9.17, 15) is 29.1 Å². The van der Waals surface area contributed by atoms with Crippen LogP contribution in [0.15, 0.2) is 12.2 Å². The zero-order valence-electron chi connectivity index (χ0n) is 63.3. The maximum absolute atomic E-state index is 15.4. The van der Waals surface area contributed by atoms with Gasteiger partial charge in [-0.25, -0.2) is 4.79 Å². The standard InChI is InChI=1S/C72H126N10O14/c1-26-29-30-47(14)63(86)62-64(87)73-53(27-2)68(91)74(19)51(18)66(89)79(24)61(50(17)41-81-31-33-82(34-32-81)72(95)96-28-3)59(85)40-52(45(10)11)67(90)75(20)54(35-42(4)5)58(84)38-48(15)57(83)39-49(16)65(88)76(21)55(36-43(6)7)69(92)77(22)56(37-44(8)9)70(93)78(23)60(46(12)13)71(94)80(62)25/h26,29,42-56,60-63,86H,27-28,30-41H2,1-25H3,(H,73,87)/b29-26+/t47-,48-,49+,50-,51-,52+,53+,54+,55+,56+,60+,61+,62+,63-/m1/s1. The largest absolute Gasteiger partial charge is 0.450 e. The Morgan fingerprint density at radius 2 is 0.990 bits per heavy atom. The van der Waals surface area contributed by atoms with Gasteiger partial charge in [0, 0.05) is 119 Å². The molecule has 0 spiro atoms. The van der Waals surface area contributed by atoms with Crippen LogP contribution in [0.1, 0.15) is 176 Å². The number of amides is 9. The zero-order valence-corrected chi connectivity index (χ0v) is 63.3. The summed E-state index contributed by atoms with van der Waals surface area (Å²) < 4.78 is 5.25. The Kier molecular flexibility index (Phi) is 35.1. The Bertz CT molecular complexity index is 2670. The summed E-state index contributed by atoms with van der Waals surface area (Å²) in [4.78, 5) is 190. The summed E-state index contributed by atoms with van der Waals surface area (Å²) in [7, 11) is 10.2. The number of likely N-dealkylation sites (N-methyl/N-ethyl adjacent to an activating group) is 7. The molecule has 0 bridgehead atoms. The first kappa shape index (κ1) is 85.8. The normalized spacial score (nSPS) is 27.6. The zero-order chi connectivity index (χ0) is 73.8. The maximum atomic E-state index is 15.4. The van der Waals surface area contributed by atoms with Gasteiger partial charge in [-0.2, -0.15) is 0 Å². The summed E-state index contributed by atoms with van der Waals surface area (Å²) in [6.45, 7) is 34.0. The predicted octanol–water partition coefficient (Wildman–Crippen LogP) is 6.29. The molecule has 0 radical (unpaired) electrons. The lowest BCUT2D eigenvalue weighted by molar-refractivity contribution is -0.157. The van der Waals surface area contributed by atoms with Crippen LogP contribution >= 0.6 is 0 Å². The van der Waals surface area contributed by atoms with Crippen molar-refractivity contribution in [2.24, 2.45) is 59.2 Å². The van der Waals surface area contributed by atoms with E-state index in [2.05, 4.69) is 10.2 Å². The SMILES string of the molecule is C/C=C/C[C@@H](C)[C@@H](O)[C@H]1C(=O)N[C@@H](CC)C(=O)N(C)[C@H](C)C(=O)N(C)[C@@H]([C@H](C)CN2CCN(C(=O)OCC)CC2)C(=O)C[C@@H](C(C)C)C(=O)N(C)[C@@H](CC(C)C)C(=O)C[C@@H](C)C(=O)C[C@H](C)C(=O)N(C)[C@@H](CC(C)C)C(=O)N(C)[C@@H](CC(C)C)C(=O)N(C)[C@@H](C(C)C)C(=O)N1C. The number of Topliss-reactive ketones (excluding diaryl/α,β-unsaturated/α-hetero) is 3. The number of allylic oxidation sites excluding steroid dienone is 2. The van der Waals surface area contributed by atoms with E-state index < -0.39 is 155 Å². The second-order valence-corrected chi connectivity index (χ2v) is 29.7. The maximum Gasteiger partial charge on any atom is 0.409 e. The molecule has 0 unspecified atom stereocenters. The highest BCUT2D eigenvalue weighted by atomic mass is 16.6. The minimum Gasteiger partial charge on any atom is -0.450 e. The van der Waals surface area contributed by atoms with Crippen molar-refractivity contribution < 1.29 is 67.4 Å². The minimum absolute atomic E-state index is 0.00197. The van der Waals surface area contributed by atoms with E-state index in [-0.39, 0.29) is 80.9 Å². The Hall–Kier alpha value is -6.30. The molecule has 0 aromatic heterocycles. The number of hydrogen-bond acceptors (Lipinski definition) is 15. The molecule has 2 fully saturated rings. The molecule has 9 amide bonds. The molecule has 2 N–H and O–H groups in total. The molecule has 24 heteroatoms. The van der Waals surface area contributed by atoms with Gasteiger partial charge in [-0.15, -0.1) is 0 Å². The molecule has 0 aliphatic carbocycles. The van der Waals surface area contributed by atoms with E-state index in [0.29, 0.717) is 39.1 Å². The van der Waals surface area contributed by atoms with Crippen molar-refractivity contribution in [1.82, 2.24) is 49.4 Å². The summed E-state index contributed by atoms with van der Waals surface area (Å²) in [6.07, 6.45) is 1.65. The summed E-state index contributed by atoms with van der Waals surface area (Å²) >= 11 is 0. The van der Waals surface area contributed by atoms with Crippen LogP contribution < -0.4 is 5.32 Å². The Labute approximate surface area is 575 Å². The van der Waals surface area contributed by atoms with Crippen molar-refractivity contribution in [3.8, 4) is 0 Å². The fraction of sp³-hybridized carbons (Fsp3) is 0.806. The van der Waals surface area contributed by atoms with E-state index in [1.165, 1.54) is 85.7 Å². The van der Waals surface area contributed by atoms with Gasteiger partial charge < -0.3 is 54.4 Å². The first-order chi connectivity index (χ1) is 44.6. The summed E-state index contributed by atoms with van der Waals surface area (Å²) in [5, 5.41) is 15.1. The van der Waals surface area contributed by atoms with E-state index >= 15 is 33.6 Å². The van der Waals surface area contributed by atoms with Crippen LogP contribution in [0, 0.1) is 59.2 Å². The van der Waals surface area contributed by atoms with Gasteiger partial charge in [-0.3, -0.25) is 57.6 Å². The number of rotatable bonds is 17. The Balaban J connectivity index is 3.05. The summed E-state index contributed by atoms with van der Waals surface area (Å²) in [5.41, 5.74) is 0. The summed E-state index contributed by atoms with van der Waals surface area (Å²) in [5.74, 6) is -11.7. The molecular formula is C72H126N10O14. The number of carbonyl (C=O) groups excluding carboxylic acids is 12. The van der Waals surface area contributed by atoms with Gasteiger partial charge in [-0.1, -0.05) is 116 Å². The van der Waals surface area contributed by atoms with E-state index in [1.54, 1.807) is 80.2 Å². The van der Waals surface area contributed by atoms with E-state index in [1.807, 2.05) is 54.5 Å². The van der Waals surface area contributed by atoms with Gasteiger partial charge in [0.2, 0.25) is 47.3 Å². The van der Waals surface area contributed by atoms with Crippen LogP contribution in [0.5, 0.6) is 0 Å². The Morgan fingerprint density at radius 1 is 0.521 bits per heavy atom. The third-order valence-corrected chi connectivity index (χ3v) is 19.7. The lowest BCUT2D eigenvalue weighted by Crippen LogP contribution is -2.63. The average Bonchev–Trinajstić information content (AvgIpc) is 0.810. The molecular weight excluding hydrogens is 1230 g/mol. The third-order valence-electron chi connectivity index (χ3n) is 19.7. The number of piperazine rings is 1. The van der Waals surface area contributed by atoms with Crippen LogP contribution in [0.4, 0.5) is 4.79 Å². The summed E-state index contributed by atoms with van der Waals surface area (Å²) in [6, 6.07) is -9.89. The fourth-order valence-corrected chi connectivity index (χ4v) is 13.4. The van der Waals surface area contributed by atoms with Crippen LogP contribution in [0.2, 0.25) is 0 Å². The van der Waals surface area contributed by atoms with Crippen molar-refractivity contribution in [3.63, 3.8) is 0 Å². The number of carbonyl (C=O) groups is 12. The van der Waals surface area contributed by atoms with Crippen molar-refractivity contribution in [2.45, 2.75) is 230 Å². The van der Waals surface area contributed by atoms with Crippen LogP contribution in [-0.4, -0.2) is 263 Å².